The normalized spacial score (nSPS) is 10.9. The molecule has 0 aliphatic heterocycles. The number of thiazole rings is 1. The molecule has 0 saturated heterocycles. The van der Waals surface area contributed by atoms with Crippen LogP contribution in [0, 0.1) is 0 Å². The van der Waals surface area contributed by atoms with Crippen molar-refractivity contribution >= 4 is 45.3 Å². The van der Waals surface area contributed by atoms with Crippen molar-refractivity contribution in [3.05, 3.63) is 101 Å². The van der Waals surface area contributed by atoms with Crippen molar-refractivity contribution in [2.75, 3.05) is 11.9 Å². The molecule has 1 amide bonds. The summed E-state index contributed by atoms with van der Waals surface area (Å²) in [7, 11) is 0. The number of rotatable bonds is 8. The molecule has 0 spiro atoms. The summed E-state index contributed by atoms with van der Waals surface area (Å²) in [5.74, 6) is 0.791. The molecule has 0 aliphatic rings. The van der Waals surface area contributed by atoms with Crippen LogP contribution in [-0.4, -0.2) is 17.5 Å². The van der Waals surface area contributed by atoms with Gasteiger partial charge in [0, 0.05) is 33.6 Å². The van der Waals surface area contributed by atoms with Gasteiger partial charge in [-0.15, -0.1) is 11.3 Å². The fraction of sp³-hybridized carbons (Fsp3) is 0.103. The van der Waals surface area contributed by atoms with E-state index in [1.165, 1.54) is 5.39 Å². The van der Waals surface area contributed by atoms with E-state index in [4.69, 9.17) is 21.3 Å². The molecule has 1 N–H and O–H groups in total. The number of carbonyl (C=O) groups excluding carboxylic acids is 1. The first kappa shape index (κ1) is 23.1. The summed E-state index contributed by atoms with van der Waals surface area (Å²) in [6, 6.07) is 29.6. The Hall–Kier alpha value is -3.67. The third kappa shape index (κ3) is 5.88. The summed E-state index contributed by atoms with van der Waals surface area (Å²) < 4.78 is 5.83. The van der Waals surface area contributed by atoms with Gasteiger partial charge in [-0.25, -0.2) is 4.98 Å². The van der Waals surface area contributed by atoms with Crippen molar-refractivity contribution in [2.24, 2.45) is 0 Å². The summed E-state index contributed by atoms with van der Waals surface area (Å²) in [6.07, 6.45) is 1.04. The second-order valence-electron chi connectivity index (χ2n) is 8.13. The molecule has 5 rings (SSSR count). The van der Waals surface area contributed by atoms with E-state index in [0.717, 1.165) is 38.7 Å². The first-order valence-electron chi connectivity index (χ1n) is 11.4. The standard InChI is InChI=1S/C29H23ClN2O2S/c30-24-12-7-22(8-13-24)29-32-27(19-35-29)21-9-14-25(15-10-21)31-28(33)6-3-17-34-26-16-11-20-4-1-2-5-23(20)18-26/h1-2,4-5,7-16,18-19H,3,6,17H2,(H,31,33). The molecule has 0 unspecified atom stereocenters. The van der Waals surface area contributed by atoms with E-state index in [-0.39, 0.29) is 5.91 Å². The van der Waals surface area contributed by atoms with Gasteiger partial charge in [0.15, 0.2) is 0 Å². The van der Waals surface area contributed by atoms with Crippen LogP contribution < -0.4 is 10.1 Å². The maximum atomic E-state index is 12.4. The number of fused-ring (bicyclic) bond motifs is 1. The lowest BCUT2D eigenvalue weighted by Gasteiger charge is -2.08. The van der Waals surface area contributed by atoms with Crippen LogP contribution >= 0.6 is 22.9 Å². The number of benzene rings is 4. The van der Waals surface area contributed by atoms with E-state index < -0.39 is 0 Å². The van der Waals surface area contributed by atoms with Gasteiger partial charge in [0.1, 0.15) is 10.8 Å². The predicted molar refractivity (Wildman–Crippen MR) is 145 cm³/mol. The SMILES string of the molecule is O=C(CCCOc1ccc2ccccc2c1)Nc1ccc(-c2csc(-c3ccc(Cl)cc3)n2)cc1. The fourth-order valence-electron chi connectivity index (χ4n) is 3.76. The minimum Gasteiger partial charge on any atom is -0.494 e. The molecule has 0 fully saturated rings. The minimum absolute atomic E-state index is 0.0291. The average molecular weight is 499 g/mol. The Morgan fingerprint density at radius 1 is 0.886 bits per heavy atom. The van der Waals surface area contributed by atoms with Gasteiger partial charge in [-0.2, -0.15) is 0 Å². The third-order valence-electron chi connectivity index (χ3n) is 5.60. The van der Waals surface area contributed by atoms with Crippen LogP contribution in [0.1, 0.15) is 12.8 Å². The molecule has 6 heteroatoms. The second kappa shape index (κ2) is 10.7. The smallest absolute Gasteiger partial charge is 0.224 e. The predicted octanol–water partition coefficient (Wildman–Crippen LogP) is 8.08. The van der Waals surface area contributed by atoms with Crippen molar-refractivity contribution in [3.8, 4) is 27.6 Å². The number of halogens is 1. The van der Waals surface area contributed by atoms with E-state index in [0.29, 0.717) is 24.5 Å². The molecule has 174 valence electrons. The van der Waals surface area contributed by atoms with E-state index in [2.05, 4.69) is 17.4 Å². The summed E-state index contributed by atoms with van der Waals surface area (Å²) in [5, 5.41) is 8.97. The van der Waals surface area contributed by atoms with E-state index in [1.54, 1.807) is 11.3 Å². The Bertz CT molecular complexity index is 1450. The molecular formula is C29H23ClN2O2S. The van der Waals surface area contributed by atoms with Crippen molar-refractivity contribution in [3.63, 3.8) is 0 Å². The number of nitrogens with one attached hydrogen (secondary N) is 1. The highest BCUT2D eigenvalue weighted by molar-refractivity contribution is 7.13. The molecule has 4 aromatic carbocycles. The Kier molecular flexibility index (Phi) is 7.07. The third-order valence-corrected chi connectivity index (χ3v) is 6.74. The zero-order valence-corrected chi connectivity index (χ0v) is 20.5. The molecule has 1 aromatic heterocycles. The topological polar surface area (TPSA) is 51.2 Å². The largest absolute Gasteiger partial charge is 0.494 e. The van der Waals surface area contributed by atoms with Crippen molar-refractivity contribution < 1.29 is 9.53 Å². The number of carbonyl (C=O) groups is 1. The van der Waals surface area contributed by atoms with Gasteiger partial charge in [0.25, 0.3) is 0 Å². The maximum absolute atomic E-state index is 12.4. The molecule has 5 aromatic rings. The molecule has 0 bridgehead atoms. The van der Waals surface area contributed by atoms with Crippen LogP contribution in [-0.2, 0) is 4.79 Å². The summed E-state index contributed by atoms with van der Waals surface area (Å²) in [5.41, 5.74) is 3.72. The van der Waals surface area contributed by atoms with Crippen LogP contribution in [0.5, 0.6) is 5.75 Å². The lowest BCUT2D eigenvalue weighted by molar-refractivity contribution is -0.116. The van der Waals surface area contributed by atoms with Gasteiger partial charge in [-0.05, 0) is 53.6 Å². The molecule has 0 radical (unpaired) electrons. The number of hydrogen-bond acceptors (Lipinski definition) is 4. The number of anilines is 1. The highest BCUT2D eigenvalue weighted by atomic mass is 35.5. The lowest BCUT2D eigenvalue weighted by Crippen LogP contribution is -2.12. The van der Waals surface area contributed by atoms with E-state index in [1.807, 2.05) is 84.2 Å². The average Bonchev–Trinajstić information content (AvgIpc) is 3.38. The zero-order valence-electron chi connectivity index (χ0n) is 18.9. The Morgan fingerprint density at radius 2 is 1.63 bits per heavy atom. The number of amides is 1. The molecule has 0 saturated carbocycles. The first-order chi connectivity index (χ1) is 17.1. The Labute approximate surface area is 213 Å². The minimum atomic E-state index is -0.0291. The number of ether oxygens (including phenoxy) is 1. The van der Waals surface area contributed by atoms with Crippen LogP contribution in [0.4, 0.5) is 5.69 Å². The van der Waals surface area contributed by atoms with Gasteiger partial charge < -0.3 is 10.1 Å². The molecular weight excluding hydrogens is 476 g/mol. The Balaban J connectivity index is 1.10. The molecule has 4 nitrogen and oxygen atoms in total. The van der Waals surface area contributed by atoms with Crippen LogP contribution in [0.15, 0.2) is 96.4 Å². The molecule has 35 heavy (non-hydrogen) atoms. The van der Waals surface area contributed by atoms with Gasteiger partial charge in [-0.3, -0.25) is 4.79 Å². The summed E-state index contributed by atoms with van der Waals surface area (Å²) in [4.78, 5) is 17.1. The van der Waals surface area contributed by atoms with Crippen LogP contribution in [0.3, 0.4) is 0 Å². The van der Waals surface area contributed by atoms with Gasteiger partial charge in [0.05, 0.1) is 12.3 Å². The highest BCUT2D eigenvalue weighted by Gasteiger charge is 2.08. The molecule has 1 heterocycles. The highest BCUT2D eigenvalue weighted by Crippen LogP contribution is 2.30. The summed E-state index contributed by atoms with van der Waals surface area (Å²) >= 11 is 7.57. The van der Waals surface area contributed by atoms with Gasteiger partial charge >= 0.3 is 0 Å². The van der Waals surface area contributed by atoms with Crippen molar-refractivity contribution in [2.45, 2.75) is 12.8 Å². The quantitative estimate of drug-likeness (QED) is 0.220. The summed E-state index contributed by atoms with van der Waals surface area (Å²) in [6.45, 7) is 0.491. The van der Waals surface area contributed by atoms with Crippen molar-refractivity contribution in [1.29, 1.82) is 0 Å². The zero-order chi connectivity index (χ0) is 24.0. The van der Waals surface area contributed by atoms with Crippen LogP contribution in [0.2, 0.25) is 5.02 Å². The van der Waals surface area contributed by atoms with E-state index >= 15 is 0 Å². The van der Waals surface area contributed by atoms with E-state index in [9.17, 15) is 4.79 Å². The number of hydrogen-bond donors (Lipinski definition) is 1. The molecule has 0 atom stereocenters. The monoisotopic (exact) mass is 498 g/mol. The van der Waals surface area contributed by atoms with Crippen LogP contribution in [0.25, 0.3) is 32.6 Å². The van der Waals surface area contributed by atoms with Gasteiger partial charge in [-0.1, -0.05) is 66.2 Å². The number of aromatic nitrogens is 1. The fourth-order valence-corrected chi connectivity index (χ4v) is 4.72. The maximum Gasteiger partial charge on any atom is 0.224 e. The lowest BCUT2D eigenvalue weighted by atomic mass is 10.1. The Morgan fingerprint density at radius 3 is 2.43 bits per heavy atom. The number of nitrogens with zero attached hydrogens (tertiary/aromatic N) is 1. The van der Waals surface area contributed by atoms with Gasteiger partial charge in [0.2, 0.25) is 5.91 Å². The molecule has 0 aliphatic carbocycles. The first-order valence-corrected chi connectivity index (χ1v) is 12.6. The second-order valence-corrected chi connectivity index (χ2v) is 9.43. The van der Waals surface area contributed by atoms with Crippen molar-refractivity contribution in [1.82, 2.24) is 4.98 Å².